The van der Waals surface area contributed by atoms with Gasteiger partial charge in [0, 0.05) is 38.0 Å². The molecule has 1 aromatic heterocycles. The first-order valence-electron chi connectivity index (χ1n) is 10.3. The molecule has 1 fully saturated rings. The number of aromatic nitrogens is 2. The number of nitrogens with zero attached hydrogens (tertiary/aromatic N) is 3. The highest BCUT2D eigenvalue weighted by Crippen LogP contribution is 2.44. The maximum atomic E-state index is 13.9. The van der Waals surface area contributed by atoms with E-state index in [-0.39, 0.29) is 23.6 Å². The van der Waals surface area contributed by atoms with E-state index >= 15 is 0 Å². The molecular formula is C22H23F3N4O. The molecule has 0 spiro atoms. The Labute approximate surface area is 172 Å². The van der Waals surface area contributed by atoms with Gasteiger partial charge in [-0.15, -0.1) is 0 Å². The van der Waals surface area contributed by atoms with Crippen LogP contribution in [-0.2, 0) is 23.8 Å². The van der Waals surface area contributed by atoms with Gasteiger partial charge in [-0.1, -0.05) is 12.6 Å². The lowest BCUT2D eigenvalue weighted by atomic mass is 9.97. The van der Waals surface area contributed by atoms with Gasteiger partial charge in [0.1, 0.15) is 0 Å². The number of rotatable bonds is 3. The predicted octanol–water partition coefficient (Wildman–Crippen LogP) is 3.53. The topological polar surface area (TPSA) is 50.2 Å². The van der Waals surface area contributed by atoms with Crippen molar-refractivity contribution in [1.29, 1.82) is 0 Å². The number of amides is 1. The summed E-state index contributed by atoms with van der Waals surface area (Å²) in [5.74, 6) is 0.103. The molecule has 1 N–H and O–H groups in total. The summed E-state index contributed by atoms with van der Waals surface area (Å²) < 4.78 is 43.3. The monoisotopic (exact) mass is 416 g/mol. The highest BCUT2D eigenvalue weighted by atomic mass is 19.4. The normalized spacial score (nSPS) is 21.2. The number of hydrogen-bond donors (Lipinski definition) is 1. The molecule has 0 bridgehead atoms. The Bertz CT molecular complexity index is 1020. The van der Waals surface area contributed by atoms with Crippen molar-refractivity contribution in [2.75, 3.05) is 19.6 Å². The van der Waals surface area contributed by atoms with Crippen LogP contribution in [0.25, 0.3) is 5.69 Å². The highest BCUT2D eigenvalue weighted by molar-refractivity contribution is 5.87. The molecule has 5 rings (SSSR count). The Morgan fingerprint density at radius 1 is 1.27 bits per heavy atom. The van der Waals surface area contributed by atoms with Gasteiger partial charge in [0.25, 0.3) is 0 Å². The zero-order valence-electron chi connectivity index (χ0n) is 16.5. The summed E-state index contributed by atoms with van der Waals surface area (Å²) >= 11 is 0. The predicted molar refractivity (Wildman–Crippen MR) is 105 cm³/mol. The van der Waals surface area contributed by atoms with E-state index < -0.39 is 11.7 Å². The lowest BCUT2D eigenvalue weighted by molar-refractivity contribution is -0.137. The highest BCUT2D eigenvalue weighted by Gasteiger charge is 2.39. The molecule has 8 heteroatoms. The minimum Gasteiger partial charge on any atom is -0.337 e. The van der Waals surface area contributed by atoms with Crippen LogP contribution in [0.5, 0.6) is 0 Å². The summed E-state index contributed by atoms with van der Waals surface area (Å²) in [6, 6.07) is 4.55. The molecule has 0 saturated heterocycles. The van der Waals surface area contributed by atoms with Gasteiger partial charge in [-0.3, -0.25) is 4.79 Å². The van der Waals surface area contributed by atoms with E-state index in [9.17, 15) is 18.0 Å². The zero-order chi connectivity index (χ0) is 21.0. The number of nitrogens with one attached hydrogen (secondary N) is 1. The largest absolute Gasteiger partial charge is 0.418 e. The second kappa shape index (κ2) is 6.97. The van der Waals surface area contributed by atoms with E-state index in [1.165, 1.54) is 16.8 Å². The maximum Gasteiger partial charge on any atom is 0.418 e. The summed E-state index contributed by atoms with van der Waals surface area (Å²) in [6.45, 7) is 5.12. The molecule has 1 unspecified atom stereocenters. The van der Waals surface area contributed by atoms with Crippen molar-refractivity contribution >= 4 is 5.91 Å². The molecule has 1 atom stereocenters. The van der Waals surface area contributed by atoms with Crippen molar-refractivity contribution in [3.8, 4) is 5.69 Å². The average molecular weight is 416 g/mol. The van der Waals surface area contributed by atoms with Gasteiger partial charge in [-0.2, -0.15) is 18.3 Å². The first kappa shape index (κ1) is 19.4. The number of halogens is 3. The third-order valence-corrected chi connectivity index (χ3v) is 6.31. The van der Waals surface area contributed by atoms with Crippen molar-refractivity contribution in [2.45, 2.75) is 43.8 Å². The van der Waals surface area contributed by atoms with Crippen molar-refractivity contribution in [1.82, 2.24) is 20.0 Å². The smallest absolute Gasteiger partial charge is 0.337 e. The van der Waals surface area contributed by atoms with E-state index in [1.807, 2.05) is 6.07 Å². The van der Waals surface area contributed by atoms with E-state index in [2.05, 4.69) is 17.0 Å². The lowest BCUT2D eigenvalue weighted by Gasteiger charge is -2.29. The molecule has 1 aromatic carbocycles. The van der Waals surface area contributed by atoms with Gasteiger partial charge in [0.15, 0.2) is 0 Å². The molecule has 1 amide bonds. The third-order valence-electron chi connectivity index (χ3n) is 6.31. The molecule has 2 aromatic rings. The van der Waals surface area contributed by atoms with Crippen LogP contribution in [0.4, 0.5) is 13.2 Å². The summed E-state index contributed by atoms with van der Waals surface area (Å²) in [6.07, 6.45) is -0.152. The Hall–Kier alpha value is -2.61. The molecule has 1 saturated carbocycles. The molecule has 3 heterocycles. The number of benzene rings is 1. The molecule has 158 valence electrons. The SMILES string of the molecule is C=CC(=O)N1CCc2nn(-c3ccc(C4CC4)cc3C(F)(F)F)c3c2C(C1)NCC3. The van der Waals surface area contributed by atoms with Crippen LogP contribution in [0.15, 0.2) is 30.9 Å². The summed E-state index contributed by atoms with van der Waals surface area (Å²) in [5.41, 5.74) is 2.74. The van der Waals surface area contributed by atoms with E-state index in [4.69, 9.17) is 0 Å². The Morgan fingerprint density at radius 2 is 2.07 bits per heavy atom. The van der Waals surface area contributed by atoms with E-state index in [1.54, 1.807) is 11.0 Å². The van der Waals surface area contributed by atoms with Crippen LogP contribution in [0.1, 0.15) is 52.9 Å². The van der Waals surface area contributed by atoms with Gasteiger partial charge in [-0.25, -0.2) is 4.68 Å². The molecular weight excluding hydrogens is 393 g/mol. The number of hydrogen-bond acceptors (Lipinski definition) is 3. The van der Waals surface area contributed by atoms with E-state index in [0.717, 1.165) is 35.4 Å². The summed E-state index contributed by atoms with van der Waals surface area (Å²) in [5, 5.41) is 8.04. The van der Waals surface area contributed by atoms with Crippen LogP contribution in [-0.4, -0.2) is 40.2 Å². The fourth-order valence-corrected chi connectivity index (χ4v) is 4.68. The quantitative estimate of drug-likeness (QED) is 0.779. The fourth-order valence-electron chi connectivity index (χ4n) is 4.68. The number of carbonyl (C=O) groups is 1. The van der Waals surface area contributed by atoms with Crippen molar-refractivity contribution in [3.63, 3.8) is 0 Å². The van der Waals surface area contributed by atoms with Gasteiger partial charge < -0.3 is 10.2 Å². The average Bonchev–Trinajstić information content (AvgIpc) is 3.53. The van der Waals surface area contributed by atoms with Crippen LogP contribution in [0, 0.1) is 0 Å². The molecule has 0 radical (unpaired) electrons. The minimum absolute atomic E-state index is 0.0923. The molecule has 5 nitrogen and oxygen atoms in total. The lowest BCUT2D eigenvalue weighted by Crippen LogP contribution is -2.40. The Balaban J connectivity index is 1.60. The zero-order valence-corrected chi connectivity index (χ0v) is 16.5. The number of alkyl halides is 3. The fraction of sp³-hybridized carbons (Fsp3) is 0.455. The van der Waals surface area contributed by atoms with E-state index in [0.29, 0.717) is 32.5 Å². The maximum absolute atomic E-state index is 13.9. The number of carbonyl (C=O) groups excluding carboxylic acids is 1. The second-order valence-corrected chi connectivity index (χ2v) is 8.26. The molecule has 2 aliphatic heterocycles. The minimum atomic E-state index is -4.45. The van der Waals surface area contributed by atoms with Gasteiger partial charge >= 0.3 is 6.18 Å². The van der Waals surface area contributed by atoms with Crippen LogP contribution in [0.2, 0.25) is 0 Å². The Kier molecular flexibility index (Phi) is 4.50. The van der Waals surface area contributed by atoms with Crippen molar-refractivity contribution in [2.24, 2.45) is 0 Å². The molecule has 30 heavy (non-hydrogen) atoms. The van der Waals surface area contributed by atoms with Crippen LogP contribution in [0.3, 0.4) is 0 Å². The van der Waals surface area contributed by atoms with Gasteiger partial charge in [0.05, 0.1) is 28.7 Å². The van der Waals surface area contributed by atoms with Crippen LogP contribution >= 0.6 is 0 Å². The molecule has 1 aliphatic carbocycles. The summed E-state index contributed by atoms with van der Waals surface area (Å²) in [4.78, 5) is 13.8. The third kappa shape index (κ3) is 3.23. The van der Waals surface area contributed by atoms with Crippen LogP contribution < -0.4 is 5.32 Å². The van der Waals surface area contributed by atoms with Crippen molar-refractivity contribution in [3.05, 3.63) is 58.9 Å². The van der Waals surface area contributed by atoms with Crippen molar-refractivity contribution < 1.29 is 18.0 Å². The summed E-state index contributed by atoms with van der Waals surface area (Å²) in [7, 11) is 0. The van der Waals surface area contributed by atoms with Gasteiger partial charge in [0.2, 0.25) is 5.91 Å². The molecule has 3 aliphatic rings. The van der Waals surface area contributed by atoms with Gasteiger partial charge in [-0.05, 0) is 42.5 Å². The standard InChI is InChI=1S/C22H23F3N4O/c1-2-20(30)28-10-8-16-21-17(12-28)26-9-7-19(21)29(27-16)18-6-5-14(13-3-4-13)11-15(18)22(23,24)25/h2,5-6,11,13,17,26H,1,3-4,7-10,12H2. The second-order valence-electron chi connectivity index (χ2n) is 8.26. The Morgan fingerprint density at radius 3 is 2.77 bits per heavy atom. The first-order valence-corrected chi connectivity index (χ1v) is 10.3. The first-order chi connectivity index (χ1) is 14.4.